The van der Waals surface area contributed by atoms with E-state index in [-0.39, 0.29) is 11.7 Å². The number of para-hydroxylation sites is 1. The highest BCUT2D eigenvalue weighted by atomic mass is 16.2. The van der Waals surface area contributed by atoms with Crippen molar-refractivity contribution in [2.45, 2.75) is 18.8 Å². The first-order valence-electron chi connectivity index (χ1n) is 8.63. The van der Waals surface area contributed by atoms with E-state index in [4.69, 9.17) is 0 Å². The Balaban J connectivity index is 1.40. The van der Waals surface area contributed by atoms with E-state index in [2.05, 4.69) is 30.7 Å². The summed E-state index contributed by atoms with van der Waals surface area (Å²) in [4.78, 5) is 25.0. The van der Waals surface area contributed by atoms with Gasteiger partial charge in [0.25, 0.3) is 5.91 Å². The van der Waals surface area contributed by atoms with Crippen molar-refractivity contribution in [3.8, 4) is 5.69 Å². The lowest BCUT2D eigenvalue weighted by Gasteiger charge is -2.04. The highest BCUT2D eigenvalue weighted by molar-refractivity contribution is 5.90. The highest BCUT2D eigenvalue weighted by Gasteiger charge is 2.31. The molecule has 2 heterocycles. The number of carbonyl (C=O) groups excluding carboxylic acids is 1. The van der Waals surface area contributed by atoms with Crippen molar-refractivity contribution in [2.24, 2.45) is 0 Å². The lowest BCUT2D eigenvalue weighted by Crippen LogP contribution is -2.30. The van der Waals surface area contributed by atoms with Gasteiger partial charge in [0.1, 0.15) is 5.82 Å². The maximum atomic E-state index is 12.4. The Kier molecular flexibility index (Phi) is 4.55. The second-order valence-corrected chi connectivity index (χ2v) is 6.07. The Morgan fingerprint density at radius 2 is 1.85 bits per heavy atom. The molecular weight excluding hydrogens is 330 g/mol. The molecule has 1 aromatic carbocycles. The van der Waals surface area contributed by atoms with Gasteiger partial charge in [0.05, 0.1) is 5.69 Å². The van der Waals surface area contributed by atoms with Crippen LogP contribution in [0.4, 0.5) is 5.95 Å². The SMILES string of the molecule is O=C(NCCNc1ncccn1)c1nc(C2CC2)n(-c2ccccc2)n1. The molecule has 8 nitrogen and oxygen atoms in total. The summed E-state index contributed by atoms with van der Waals surface area (Å²) in [5.41, 5.74) is 0.920. The monoisotopic (exact) mass is 349 g/mol. The van der Waals surface area contributed by atoms with Gasteiger partial charge in [-0.2, -0.15) is 0 Å². The van der Waals surface area contributed by atoms with Gasteiger partial charge in [-0.05, 0) is 31.0 Å². The van der Waals surface area contributed by atoms with Crippen LogP contribution in [0.25, 0.3) is 5.69 Å². The molecule has 0 aliphatic heterocycles. The van der Waals surface area contributed by atoms with Gasteiger partial charge in [-0.1, -0.05) is 18.2 Å². The third-order valence-corrected chi connectivity index (χ3v) is 4.04. The number of hydrogen-bond donors (Lipinski definition) is 2. The number of carbonyl (C=O) groups is 1. The van der Waals surface area contributed by atoms with Crippen molar-refractivity contribution in [3.63, 3.8) is 0 Å². The van der Waals surface area contributed by atoms with Crippen molar-refractivity contribution in [3.05, 3.63) is 60.4 Å². The van der Waals surface area contributed by atoms with Gasteiger partial charge in [0.2, 0.25) is 11.8 Å². The van der Waals surface area contributed by atoms with Crippen molar-refractivity contribution in [1.82, 2.24) is 30.0 Å². The average Bonchev–Trinajstić information content (AvgIpc) is 3.44. The Labute approximate surface area is 150 Å². The molecule has 132 valence electrons. The molecule has 0 spiro atoms. The number of rotatable bonds is 7. The van der Waals surface area contributed by atoms with Crippen LogP contribution >= 0.6 is 0 Å². The zero-order valence-corrected chi connectivity index (χ0v) is 14.2. The lowest BCUT2D eigenvalue weighted by molar-refractivity contribution is 0.0945. The Morgan fingerprint density at radius 1 is 1.08 bits per heavy atom. The van der Waals surface area contributed by atoms with E-state index in [1.807, 2.05) is 30.3 Å². The summed E-state index contributed by atoms with van der Waals surface area (Å²) >= 11 is 0. The van der Waals surface area contributed by atoms with E-state index >= 15 is 0 Å². The molecule has 0 saturated heterocycles. The lowest BCUT2D eigenvalue weighted by atomic mass is 10.3. The minimum Gasteiger partial charge on any atom is -0.352 e. The molecule has 1 amide bonds. The third kappa shape index (κ3) is 3.69. The maximum Gasteiger partial charge on any atom is 0.291 e. The van der Waals surface area contributed by atoms with Crippen LogP contribution in [0.15, 0.2) is 48.8 Å². The molecule has 26 heavy (non-hydrogen) atoms. The van der Waals surface area contributed by atoms with Gasteiger partial charge < -0.3 is 10.6 Å². The van der Waals surface area contributed by atoms with Gasteiger partial charge in [-0.15, -0.1) is 5.10 Å². The van der Waals surface area contributed by atoms with Crippen LogP contribution in [0.1, 0.15) is 35.2 Å². The van der Waals surface area contributed by atoms with Crippen LogP contribution in [0, 0.1) is 0 Å². The maximum absolute atomic E-state index is 12.4. The Hall–Kier alpha value is -3.29. The number of amides is 1. The zero-order valence-electron chi connectivity index (χ0n) is 14.2. The standard InChI is InChI=1S/C18H19N7O/c26-17(19-11-12-22-18-20-9-4-10-21-18)15-23-16(13-7-8-13)25(24-15)14-5-2-1-3-6-14/h1-6,9-10,13H,7-8,11-12H2,(H,19,26)(H,20,21,22). The molecule has 1 fully saturated rings. The molecule has 2 aromatic heterocycles. The minimum absolute atomic E-state index is 0.201. The highest BCUT2D eigenvalue weighted by Crippen LogP contribution is 2.39. The molecule has 2 N–H and O–H groups in total. The number of nitrogens with zero attached hydrogens (tertiary/aromatic N) is 5. The number of anilines is 1. The molecule has 1 saturated carbocycles. The molecule has 4 rings (SSSR count). The molecule has 0 bridgehead atoms. The van der Waals surface area contributed by atoms with Gasteiger partial charge in [0, 0.05) is 31.4 Å². The topological polar surface area (TPSA) is 97.6 Å². The van der Waals surface area contributed by atoms with Crippen molar-refractivity contribution in [1.29, 1.82) is 0 Å². The van der Waals surface area contributed by atoms with Crippen LogP contribution < -0.4 is 10.6 Å². The Bertz CT molecular complexity index is 875. The van der Waals surface area contributed by atoms with E-state index in [1.54, 1.807) is 23.1 Å². The van der Waals surface area contributed by atoms with Crippen LogP contribution in [0.3, 0.4) is 0 Å². The second kappa shape index (κ2) is 7.30. The van der Waals surface area contributed by atoms with E-state index in [1.165, 1.54) is 0 Å². The molecule has 3 aromatic rings. The van der Waals surface area contributed by atoms with Crippen molar-refractivity contribution in [2.75, 3.05) is 18.4 Å². The molecular formula is C18H19N7O. The first kappa shape index (κ1) is 16.2. The van der Waals surface area contributed by atoms with Crippen LogP contribution in [-0.4, -0.2) is 43.7 Å². The normalized spacial score (nSPS) is 13.4. The largest absolute Gasteiger partial charge is 0.352 e. The first-order chi connectivity index (χ1) is 12.8. The fourth-order valence-electron chi connectivity index (χ4n) is 2.61. The van der Waals surface area contributed by atoms with E-state index < -0.39 is 0 Å². The quantitative estimate of drug-likeness (QED) is 0.631. The van der Waals surface area contributed by atoms with Gasteiger partial charge in [-0.3, -0.25) is 4.79 Å². The predicted octanol–water partition coefficient (Wildman–Crippen LogP) is 1.78. The fraction of sp³-hybridized carbons (Fsp3) is 0.278. The van der Waals surface area contributed by atoms with E-state index in [0.717, 1.165) is 24.4 Å². The number of hydrogen-bond acceptors (Lipinski definition) is 6. The first-order valence-corrected chi connectivity index (χ1v) is 8.63. The van der Waals surface area contributed by atoms with Crippen LogP contribution in [-0.2, 0) is 0 Å². The summed E-state index contributed by atoms with van der Waals surface area (Å²) in [5, 5.41) is 10.3. The third-order valence-electron chi connectivity index (χ3n) is 4.04. The summed E-state index contributed by atoms with van der Waals surface area (Å²) in [7, 11) is 0. The summed E-state index contributed by atoms with van der Waals surface area (Å²) in [5.74, 6) is 1.70. The Morgan fingerprint density at radius 3 is 2.58 bits per heavy atom. The van der Waals surface area contributed by atoms with Gasteiger partial charge in [0.15, 0.2) is 0 Å². The molecule has 0 unspecified atom stereocenters. The zero-order chi connectivity index (χ0) is 17.8. The molecule has 0 atom stereocenters. The number of aromatic nitrogens is 5. The van der Waals surface area contributed by atoms with Crippen LogP contribution in [0.2, 0.25) is 0 Å². The number of nitrogens with one attached hydrogen (secondary N) is 2. The van der Waals surface area contributed by atoms with Crippen molar-refractivity contribution < 1.29 is 4.79 Å². The van der Waals surface area contributed by atoms with E-state index in [9.17, 15) is 4.79 Å². The summed E-state index contributed by atoms with van der Waals surface area (Å²) in [6, 6.07) is 11.5. The van der Waals surface area contributed by atoms with Crippen LogP contribution in [0.5, 0.6) is 0 Å². The fourth-order valence-corrected chi connectivity index (χ4v) is 2.61. The summed E-state index contributed by atoms with van der Waals surface area (Å²) in [6.45, 7) is 0.945. The molecule has 8 heteroatoms. The van der Waals surface area contributed by atoms with Crippen molar-refractivity contribution >= 4 is 11.9 Å². The molecule has 1 aliphatic carbocycles. The van der Waals surface area contributed by atoms with E-state index in [0.29, 0.717) is 25.0 Å². The summed E-state index contributed by atoms with van der Waals surface area (Å²) in [6.07, 6.45) is 5.50. The molecule has 1 aliphatic rings. The second-order valence-electron chi connectivity index (χ2n) is 6.07. The minimum atomic E-state index is -0.280. The average molecular weight is 349 g/mol. The van der Waals surface area contributed by atoms with Gasteiger partial charge in [-0.25, -0.2) is 19.6 Å². The van der Waals surface area contributed by atoms with Gasteiger partial charge >= 0.3 is 0 Å². The number of benzene rings is 1. The smallest absolute Gasteiger partial charge is 0.291 e. The predicted molar refractivity (Wildman–Crippen MR) is 96.2 cm³/mol. The summed E-state index contributed by atoms with van der Waals surface area (Å²) < 4.78 is 1.78. The molecule has 0 radical (unpaired) electrons.